The van der Waals surface area contributed by atoms with Crippen molar-refractivity contribution < 1.29 is 9.18 Å². The molecular formula is C20H33FN4O. The van der Waals surface area contributed by atoms with Gasteiger partial charge in [-0.1, -0.05) is 13.8 Å². The lowest BCUT2D eigenvalue weighted by atomic mass is 10.00. The zero-order chi connectivity index (χ0) is 19.3. The largest absolute Gasteiger partial charge is 0.354 e. The van der Waals surface area contributed by atoms with Gasteiger partial charge in [0.1, 0.15) is 5.82 Å². The molecule has 26 heavy (non-hydrogen) atoms. The molecule has 1 amide bonds. The second-order valence-electron chi connectivity index (χ2n) is 8.30. The molecule has 0 aromatic carbocycles. The summed E-state index contributed by atoms with van der Waals surface area (Å²) in [6, 6.07) is 2.87. The number of piperazine rings is 1. The highest BCUT2D eigenvalue weighted by atomic mass is 19.1. The van der Waals surface area contributed by atoms with Gasteiger partial charge in [-0.05, 0) is 38.8 Å². The van der Waals surface area contributed by atoms with Crippen LogP contribution in [-0.2, 0) is 4.79 Å². The normalized spacial score (nSPS) is 18.1. The number of rotatable bonds is 7. The number of hydrogen-bond acceptors (Lipinski definition) is 4. The molecule has 1 unspecified atom stereocenters. The number of hydrogen-bond donors (Lipinski definition) is 1. The van der Waals surface area contributed by atoms with E-state index in [1.165, 1.54) is 18.3 Å². The van der Waals surface area contributed by atoms with Crippen molar-refractivity contribution >= 4 is 5.91 Å². The number of nitrogens with zero attached hydrogens (tertiary/aromatic N) is 3. The van der Waals surface area contributed by atoms with Crippen LogP contribution in [0.15, 0.2) is 18.3 Å². The Labute approximate surface area is 157 Å². The molecule has 1 aliphatic rings. The van der Waals surface area contributed by atoms with Gasteiger partial charge in [-0.25, -0.2) is 4.39 Å². The lowest BCUT2D eigenvalue weighted by Gasteiger charge is -2.44. The highest BCUT2D eigenvalue weighted by Crippen LogP contribution is 2.19. The number of carbonyl (C=O) groups excluding carboxylic acids is 1. The minimum atomic E-state index is -0.602. The van der Waals surface area contributed by atoms with E-state index in [1.54, 1.807) is 6.92 Å². The Morgan fingerprint density at radius 3 is 2.50 bits per heavy atom. The van der Waals surface area contributed by atoms with Crippen molar-refractivity contribution in [3.05, 3.63) is 29.8 Å². The molecule has 0 bridgehead atoms. The summed E-state index contributed by atoms with van der Waals surface area (Å²) in [4.78, 5) is 21.4. The molecular weight excluding hydrogens is 331 g/mol. The first-order chi connectivity index (χ1) is 12.2. The smallest absolute Gasteiger partial charge is 0.229 e. The molecule has 1 atom stereocenters. The number of amides is 1. The highest BCUT2D eigenvalue weighted by Gasteiger charge is 2.31. The van der Waals surface area contributed by atoms with Crippen molar-refractivity contribution in [2.75, 3.05) is 39.3 Å². The van der Waals surface area contributed by atoms with Gasteiger partial charge in [0.05, 0.1) is 11.6 Å². The molecule has 1 N–H and O–H groups in total. The molecule has 2 rings (SSSR count). The summed E-state index contributed by atoms with van der Waals surface area (Å²) in [7, 11) is 0. The van der Waals surface area contributed by atoms with Crippen molar-refractivity contribution in [1.29, 1.82) is 0 Å². The molecule has 6 heteroatoms. The maximum Gasteiger partial charge on any atom is 0.229 e. The van der Waals surface area contributed by atoms with E-state index in [1.807, 2.05) is 0 Å². The number of pyridine rings is 1. The summed E-state index contributed by atoms with van der Waals surface area (Å²) < 4.78 is 13.8. The summed E-state index contributed by atoms with van der Waals surface area (Å²) in [6.07, 6.45) is 1.52. The second-order valence-corrected chi connectivity index (χ2v) is 8.30. The molecule has 1 fully saturated rings. The van der Waals surface area contributed by atoms with E-state index >= 15 is 0 Å². The third kappa shape index (κ3) is 5.48. The van der Waals surface area contributed by atoms with Crippen LogP contribution >= 0.6 is 0 Å². The fourth-order valence-corrected chi connectivity index (χ4v) is 3.46. The molecule has 146 valence electrons. The highest BCUT2D eigenvalue weighted by molar-refractivity contribution is 5.82. The Morgan fingerprint density at radius 2 is 1.92 bits per heavy atom. The topological polar surface area (TPSA) is 48.5 Å². The average molecular weight is 365 g/mol. The maximum atomic E-state index is 13.8. The van der Waals surface area contributed by atoms with Gasteiger partial charge in [0.25, 0.3) is 0 Å². The van der Waals surface area contributed by atoms with Crippen LogP contribution in [0.2, 0.25) is 0 Å². The van der Waals surface area contributed by atoms with Gasteiger partial charge in [-0.2, -0.15) is 0 Å². The van der Waals surface area contributed by atoms with Crippen LogP contribution in [0.1, 0.15) is 46.2 Å². The van der Waals surface area contributed by atoms with Crippen molar-refractivity contribution in [1.82, 2.24) is 20.1 Å². The van der Waals surface area contributed by atoms with E-state index in [0.717, 1.165) is 32.7 Å². The van der Waals surface area contributed by atoms with Crippen LogP contribution in [0, 0.1) is 11.7 Å². The number of carbonyl (C=O) groups is 1. The predicted octanol–water partition coefficient (Wildman–Crippen LogP) is 2.49. The monoisotopic (exact) mass is 364 g/mol. The minimum Gasteiger partial charge on any atom is -0.354 e. The summed E-state index contributed by atoms with van der Waals surface area (Å²) in [6.45, 7) is 16.3. The number of nitrogens with one attached hydrogen (secondary N) is 1. The third-order valence-electron chi connectivity index (χ3n) is 5.14. The summed E-state index contributed by atoms with van der Waals surface area (Å²) >= 11 is 0. The van der Waals surface area contributed by atoms with Gasteiger partial charge < -0.3 is 10.2 Å². The van der Waals surface area contributed by atoms with E-state index in [2.05, 4.69) is 47.8 Å². The first-order valence-corrected chi connectivity index (χ1v) is 9.56. The third-order valence-corrected chi connectivity index (χ3v) is 5.14. The van der Waals surface area contributed by atoms with Crippen LogP contribution in [-0.4, -0.2) is 65.5 Å². The van der Waals surface area contributed by atoms with Crippen molar-refractivity contribution in [2.24, 2.45) is 5.92 Å². The predicted molar refractivity (Wildman–Crippen MR) is 103 cm³/mol. The summed E-state index contributed by atoms with van der Waals surface area (Å²) in [5, 5.41) is 2.99. The molecule has 0 aliphatic carbocycles. The zero-order valence-electron chi connectivity index (χ0n) is 16.8. The quantitative estimate of drug-likeness (QED) is 0.808. The molecule has 5 nitrogen and oxygen atoms in total. The maximum absolute atomic E-state index is 13.8. The van der Waals surface area contributed by atoms with Gasteiger partial charge in [0.2, 0.25) is 5.91 Å². The Balaban J connectivity index is 1.86. The zero-order valence-corrected chi connectivity index (χ0v) is 16.8. The van der Waals surface area contributed by atoms with Gasteiger partial charge >= 0.3 is 0 Å². The SMILES string of the molecule is CC(C)CN1CCN(C(C)(C)CNC(=O)C(C)c2ncccc2F)CC1. The van der Waals surface area contributed by atoms with Crippen LogP contribution in [0.3, 0.4) is 0 Å². The molecule has 0 spiro atoms. The molecule has 0 radical (unpaired) electrons. The average Bonchev–Trinajstić information content (AvgIpc) is 2.59. The van der Waals surface area contributed by atoms with Crippen LogP contribution in [0.4, 0.5) is 4.39 Å². The minimum absolute atomic E-state index is 0.137. The first kappa shape index (κ1) is 20.8. The summed E-state index contributed by atoms with van der Waals surface area (Å²) in [5.74, 6) is -0.540. The lowest BCUT2D eigenvalue weighted by molar-refractivity contribution is -0.123. The van der Waals surface area contributed by atoms with Gasteiger partial charge in [-0.3, -0.25) is 14.7 Å². The molecule has 1 aliphatic heterocycles. The van der Waals surface area contributed by atoms with E-state index in [9.17, 15) is 9.18 Å². The van der Waals surface area contributed by atoms with Crippen molar-refractivity contribution in [3.63, 3.8) is 0 Å². The van der Waals surface area contributed by atoms with Gasteiger partial charge in [0, 0.05) is 51.0 Å². The van der Waals surface area contributed by atoms with Crippen molar-refractivity contribution in [3.8, 4) is 0 Å². The van der Waals surface area contributed by atoms with Crippen LogP contribution in [0.25, 0.3) is 0 Å². The van der Waals surface area contributed by atoms with E-state index in [4.69, 9.17) is 0 Å². The van der Waals surface area contributed by atoms with Crippen LogP contribution in [0.5, 0.6) is 0 Å². The van der Waals surface area contributed by atoms with Crippen LogP contribution < -0.4 is 5.32 Å². The fraction of sp³-hybridized carbons (Fsp3) is 0.700. The fourth-order valence-electron chi connectivity index (χ4n) is 3.46. The Bertz CT molecular complexity index is 597. The Morgan fingerprint density at radius 1 is 1.27 bits per heavy atom. The molecule has 1 saturated heterocycles. The molecule has 0 saturated carbocycles. The van der Waals surface area contributed by atoms with E-state index < -0.39 is 11.7 Å². The Hall–Kier alpha value is -1.53. The Kier molecular flexibility index (Phi) is 7.12. The molecule has 1 aromatic heterocycles. The number of aromatic nitrogens is 1. The van der Waals surface area contributed by atoms with E-state index in [-0.39, 0.29) is 17.1 Å². The molecule has 1 aromatic rings. The van der Waals surface area contributed by atoms with Crippen molar-refractivity contribution in [2.45, 2.75) is 46.1 Å². The first-order valence-electron chi connectivity index (χ1n) is 9.56. The summed E-state index contributed by atoms with van der Waals surface area (Å²) in [5.41, 5.74) is 0.0622. The lowest BCUT2D eigenvalue weighted by Crippen LogP contribution is -2.58. The van der Waals surface area contributed by atoms with Gasteiger partial charge in [0.15, 0.2) is 0 Å². The molecule has 2 heterocycles. The second kappa shape index (κ2) is 8.91. The number of halogens is 1. The standard InChI is InChI=1S/C20H33FN4O/c1-15(2)13-24-9-11-25(12-10-24)20(4,5)14-23-19(26)16(3)18-17(21)7-6-8-22-18/h6-8,15-16H,9-14H2,1-5H3,(H,23,26). The van der Waals surface area contributed by atoms with E-state index in [0.29, 0.717) is 12.5 Å². The van der Waals surface area contributed by atoms with Gasteiger partial charge in [-0.15, -0.1) is 0 Å².